The molecule has 72 valence electrons. The van der Waals surface area contributed by atoms with Crippen molar-refractivity contribution in [1.29, 1.82) is 0 Å². The molecular formula is C10H9NO3. The average Bonchev–Trinajstić information content (AvgIpc) is 2.16. The van der Waals surface area contributed by atoms with Crippen LogP contribution >= 0.6 is 0 Å². The SMILES string of the molecule is Cc1c(C#CCO)cccc1[N+](=O)[O-]. The molecule has 0 amide bonds. The molecule has 0 aliphatic heterocycles. The first-order chi connectivity index (χ1) is 6.66. The molecule has 4 nitrogen and oxygen atoms in total. The molecule has 0 aliphatic rings. The molecule has 0 saturated carbocycles. The first kappa shape index (κ1) is 10.2. The molecule has 0 aromatic heterocycles. The van der Waals surface area contributed by atoms with Crippen molar-refractivity contribution in [2.45, 2.75) is 6.92 Å². The van der Waals surface area contributed by atoms with Crippen molar-refractivity contribution in [3.8, 4) is 11.8 Å². The van der Waals surface area contributed by atoms with E-state index in [1.54, 1.807) is 19.1 Å². The molecule has 0 fully saturated rings. The second-order valence-corrected chi connectivity index (χ2v) is 2.67. The number of rotatable bonds is 1. The summed E-state index contributed by atoms with van der Waals surface area (Å²) in [5.41, 5.74) is 1.15. The minimum atomic E-state index is -0.445. The van der Waals surface area contributed by atoms with E-state index in [1.807, 2.05) is 0 Å². The molecule has 0 aliphatic carbocycles. The number of benzene rings is 1. The van der Waals surface area contributed by atoms with Crippen LogP contribution in [0.2, 0.25) is 0 Å². The van der Waals surface area contributed by atoms with Crippen LogP contribution in [0, 0.1) is 28.9 Å². The van der Waals surface area contributed by atoms with E-state index in [9.17, 15) is 10.1 Å². The molecule has 0 bridgehead atoms. The molecule has 0 atom stereocenters. The lowest BCUT2D eigenvalue weighted by Crippen LogP contribution is -1.93. The maximum absolute atomic E-state index is 10.6. The number of aliphatic hydroxyl groups is 1. The number of nitro groups is 1. The van der Waals surface area contributed by atoms with Crippen molar-refractivity contribution in [2.75, 3.05) is 6.61 Å². The van der Waals surface area contributed by atoms with Gasteiger partial charge in [0.2, 0.25) is 0 Å². The van der Waals surface area contributed by atoms with E-state index in [0.717, 1.165) is 0 Å². The van der Waals surface area contributed by atoms with Crippen molar-refractivity contribution in [1.82, 2.24) is 0 Å². The van der Waals surface area contributed by atoms with Crippen LogP contribution in [-0.2, 0) is 0 Å². The lowest BCUT2D eigenvalue weighted by Gasteiger charge is -1.98. The van der Waals surface area contributed by atoms with Gasteiger partial charge in [0.25, 0.3) is 5.69 Å². The van der Waals surface area contributed by atoms with E-state index in [1.165, 1.54) is 6.07 Å². The van der Waals surface area contributed by atoms with Gasteiger partial charge in [0.15, 0.2) is 0 Å². The zero-order valence-electron chi connectivity index (χ0n) is 7.65. The smallest absolute Gasteiger partial charge is 0.273 e. The second kappa shape index (κ2) is 4.40. The number of nitrogens with zero attached hydrogens (tertiary/aromatic N) is 1. The van der Waals surface area contributed by atoms with Gasteiger partial charge in [0.05, 0.1) is 4.92 Å². The predicted octanol–water partition coefficient (Wildman–Crippen LogP) is 1.25. The molecule has 4 heteroatoms. The van der Waals surface area contributed by atoms with Gasteiger partial charge in [-0.3, -0.25) is 10.1 Å². The second-order valence-electron chi connectivity index (χ2n) is 2.67. The summed E-state index contributed by atoms with van der Waals surface area (Å²) in [5.74, 6) is 5.11. The minimum Gasteiger partial charge on any atom is -0.384 e. The van der Waals surface area contributed by atoms with Crippen LogP contribution in [0.1, 0.15) is 11.1 Å². The van der Waals surface area contributed by atoms with Gasteiger partial charge in [0.1, 0.15) is 6.61 Å². The zero-order chi connectivity index (χ0) is 10.6. The lowest BCUT2D eigenvalue weighted by atomic mass is 10.1. The van der Waals surface area contributed by atoms with Crippen LogP contribution in [0.4, 0.5) is 5.69 Å². The fourth-order valence-electron chi connectivity index (χ4n) is 1.09. The van der Waals surface area contributed by atoms with E-state index in [4.69, 9.17) is 5.11 Å². The Morgan fingerprint density at radius 3 is 2.86 bits per heavy atom. The molecule has 1 aromatic carbocycles. The first-order valence-electron chi connectivity index (χ1n) is 4.00. The summed E-state index contributed by atoms with van der Waals surface area (Å²) >= 11 is 0. The van der Waals surface area contributed by atoms with Crippen LogP contribution in [0.5, 0.6) is 0 Å². The maximum atomic E-state index is 10.6. The van der Waals surface area contributed by atoms with Crippen LogP contribution in [0.15, 0.2) is 18.2 Å². The average molecular weight is 191 g/mol. The third-order valence-corrected chi connectivity index (χ3v) is 1.80. The quantitative estimate of drug-likeness (QED) is 0.412. The topological polar surface area (TPSA) is 63.4 Å². The number of hydrogen-bond donors (Lipinski definition) is 1. The fourth-order valence-corrected chi connectivity index (χ4v) is 1.09. The van der Waals surface area contributed by atoms with Gasteiger partial charge >= 0.3 is 0 Å². The van der Waals surface area contributed by atoms with Crippen LogP contribution in [0.3, 0.4) is 0 Å². The number of hydrogen-bond acceptors (Lipinski definition) is 3. The van der Waals surface area contributed by atoms with E-state index in [-0.39, 0.29) is 12.3 Å². The molecule has 0 heterocycles. The van der Waals surface area contributed by atoms with Gasteiger partial charge in [-0.25, -0.2) is 0 Å². The van der Waals surface area contributed by atoms with Gasteiger partial charge in [0, 0.05) is 17.2 Å². The van der Waals surface area contributed by atoms with Gasteiger partial charge in [-0.05, 0) is 13.0 Å². The maximum Gasteiger partial charge on any atom is 0.273 e. The van der Waals surface area contributed by atoms with Crippen LogP contribution in [0.25, 0.3) is 0 Å². The summed E-state index contributed by atoms with van der Waals surface area (Å²) < 4.78 is 0. The summed E-state index contributed by atoms with van der Waals surface area (Å²) in [6.45, 7) is 1.39. The normalized spacial score (nSPS) is 9.00. The zero-order valence-corrected chi connectivity index (χ0v) is 7.65. The van der Waals surface area contributed by atoms with Crippen molar-refractivity contribution in [2.24, 2.45) is 0 Å². The number of aliphatic hydroxyl groups excluding tert-OH is 1. The minimum absolute atomic E-state index is 0.0507. The Hall–Kier alpha value is -1.86. The fraction of sp³-hybridized carbons (Fsp3) is 0.200. The van der Waals surface area contributed by atoms with Gasteiger partial charge in [-0.1, -0.05) is 17.9 Å². The summed E-state index contributed by atoms with van der Waals surface area (Å²) in [5, 5.41) is 19.0. The summed E-state index contributed by atoms with van der Waals surface area (Å²) in [7, 11) is 0. The van der Waals surface area contributed by atoms with Crippen molar-refractivity contribution < 1.29 is 10.0 Å². The Kier molecular flexibility index (Phi) is 3.21. The Balaban J connectivity index is 3.20. The van der Waals surface area contributed by atoms with Gasteiger partial charge in [-0.15, -0.1) is 0 Å². The molecule has 1 N–H and O–H groups in total. The number of nitro benzene ring substituents is 1. The Bertz CT molecular complexity index is 415. The Morgan fingerprint density at radius 2 is 2.29 bits per heavy atom. The third kappa shape index (κ3) is 2.09. The van der Waals surface area contributed by atoms with Gasteiger partial charge in [-0.2, -0.15) is 0 Å². The molecule has 0 unspecified atom stereocenters. The van der Waals surface area contributed by atoms with Gasteiger partial charge < -0.3 is 5.11 Å². The monoisotopic (exact) mass is 191 g/mol. The predicted molar refractivity (Wildman–Crippen MR) is 51.8 cm³/mol. The molecule has 14 heavy (non-hydrogen) atoms. The molecule has 1 rings (SSSR count). The highest BCUT2D eigenvalue weighted by molar-refractivity contribution is 5.51. The molecule has 0 spiro atoms. The van der Waals surface area contributed by atoms with Crippen molar-refractivity contribution in [3.05, 3.63) is 39.4 Å². The Morgan fingerprint density at radius 1 is 1.57 bits per heavy atom. The lowest BCUT2D eigenvalue weighted by molar-refractivity contribution is -0.385. The van der Waals surface area contributed by atoms with E-state index >= 15 is 0 Å². The van der Waals surface area contributed by atoms with Crippen molar-refractivity contribution >= 4 is 5.69 Å². The van der Waals surface area contributed by atoms with E-state index in [0.29, 0.717) is 11.1 Å². The van der Waals surface area contributed by atoms with E-state index in [2.05, 4.69) is 11.8 Å². The van der Waals surface area contributed by atoms with Crippen molar-refractivity contribution in [3.63, 3.8) is 0 Å². The summed E-state index contributed by atoms with van der Waals surface area (Å²) in [6.07, 6.45) is 0. The summed E-state index contributed by atoms with van der Waals surface area (Å²) in [4.78, 5) is 10.1. The first-order valence-corrected chi connectivity index (χ1v) is 4.00. The molecular weight excluding hydrogens is 182 g/mol. The highest BCUT2D eigenvalue weighted by atomic mass is 16.6. The van der Waals surface area contributed by atoms with Crippen LogP contribution in [-0.4, -0.2) is 16.6 Å². The Labute approximate surface area is 81.3 Å². The highest BCUT2D eigenvalue weighted by Crippen LogP contribution is 2.19. The van der Waals surface area contributed by atoms with Crippen LogP contribution < -0.4 is 0 Å². The molecule has 0 radical (unpaired) electrons. The summed E-state index contributed by atoms with van der Waals surface area (Å²) in [6, 6.07) is 4.69. The largest absolute Gasteiger partial charge is 0.384 e. The standard InChI is InChI=1S/C10H9NO3/c1-8-9(5-3-7-12)4-2-6-10(8)11(13)14/h2,4,6,12H,7H2,1H3. The molecule has 0 saturated heterocycles. The molecule has 1 aromatic rings. The van der Waals surface area contributed by atoms with E-state index < -0.39 is 4.92 Å². The highest BCUT2D eigenvalue weighted by Gasteiger charge is 2.11. The third-order valence-electron chi connectivity index (χ3n) is 1.80.